The highest BCUT2D eigenvalue weighted by Gasteiger charge is 2.06. The Bertz CT molecular complexity index is 332. The second kappa shape index (κ2) is 5.14. The largest absolute Gasteiger partial charge is 0.346 e. The highest BCUT2D eigenvalue weighted by atomic mass is 127. The van der Waals surface area contributed by atoms with Gasteiger partial charge >= 0.3 is 0 Å². The Morgan fingerprint density at radius 1 is 1.50 bits per heavy atom. The summed E-state index contributed by atoms with van der Waals surface area (Å²) in [7, 11) is 0. The van der Waals surface area contributed by atoms with Crippen molar-refractivity contribution >= 4 is 28.5 Å². The Morgan fingerprint density at radius 3 is 2.57 bits per heavy atom. The van der Waals surface area contributed by atoms with Gasteiger partial charge in [0, 0.05) is 15.2 Å². The molecule has 0 radical (unpaired) electrons. The summed E-state index contributed by atoms with van der Waals surface area (Å²) < 4.78 is 1.12. The molecule has 1 aromatic rings. The number of halogens is 1. The number of hydrogen-bond donors (Lipinski definition) is 1. The van der Waals surface area contributed by atoms with Gasteiger partial charge < -0.3 is 5.32 Å². The van der Waals surface area contributed by atoms with E-state index in [1.807, 2.05) is 31.2 Å². The number of amides is 1. The first-order chi connectivity index (χ1) is 6.63. The molecule has 0 fully saturated rings. The maximum atomic E-state index is 11.6. The molecule has 0 aliphatic rings. The number of hydrogen-bond acceptors (Lipinski definition) is 1. The normalized spacial score (nSPS) is 11.9. The lowest BCUT2D eigenvalue weighted by atomic mass is 10.2. The Balaban J connectivity index is 2.70. The molecule has 14 heavy (non-hydrogen) atoms. The molecule has 1 rings (SSSR count). The minimum atomic E-state index is -0.0613. The van der Waals surface area contributed by atoms with Gasteiger partial charge in [-0.25, -0.2) is 0 Å². The molecule has 1 amide bonds. The average molecular weight is 301 g/mol. The summed E-state index contributed by atoms with van der Waals surface area (Å²) >= 11 is 2.20. The molecule has 2 nitrogen and oxygen atoms in total. The number of rotatable bonds is 3. The van der Waals surface area contributed by atoms with Crippen molar-refractivity contribution < 1.29 is 4.79 Å². The molecule has 0 bridgehead atoms. The van der Waals surface area contributed by atoms with E-state index in [0.29, 0.717) is 5.56 Å². The van der Waals surface area contributed by atoms with Crippen LogP contribution in [0.5, 0.6) is 0 Å². The Labute approximate surface area is 97.5 Å². The summed E-state index contributed by atoms with van der Waals surface area (Å²) in [5.41, 5.74) is 0.680. The highest BCUT2D eigenvalue weighted by molar-refractivity contribution is 14.1. The quantitative estimate of drug-likeness (QED) is 0.675. The van der Waals surface area contributed by atoms with Gasteiger partial charge in [0.1, 0.15) is 0 Å². The summed E-state index contributed by atoms with van der Waals surface area (Å²) in [4.78, 5) is 11.6. The van der Waals surface area contributed by atoms with Crippen molar-refractivity contribution in [3.8, 4) is 0 Å². The van der Waals surface area contributed by atoms with Crippen molar-refractivity contribution in [2.45, 2.75) is 13.0 Å². The monoisotopic (exact) mass is 301 g/mol. The third-order valence-corrected chi connectivity index (χ3v) is 2.54. The van der Waals surface area contributed by atoms with Crippen molar-refractivity contribution in [3.63, 3.8) is 0 Å². The molecule has 3 heteroatoms. The smallest absolute Gasteiger partial charge is 0.251 e. The lowest BCUT2D eigenvalue weighted by Crippen LogP contribution is -2.30. The van der Waals surface area contributed by atoms with Crippen molar-refractivity contribution in [2.75, 3.05) is 0 Å². The van der Waals surface area contributed by atoms with E-state index in [9.17, 15) is 4.79 Å². The SMILES string of the molecule is C=CC(C)NC(=O)c1ccc(I)cc1. The molecule has 0 saturated carbocycles. The van der Waals surface area contributed by atoms with Crippen LogP contribution in [0.3, 0.4) is 0 Å². The molecule has 0 aromatic heterocycles. The van der Waals surface area contributed by atoms with Crippen LogP contribution in [0.2, 0.25) is 0 Å². The molecule has 1 unspecified atom stereocenters. The third kappa shape index (κ3) is 3.14. The zero-order valence-corrected chi connectivity index (χ0v) is 10.1. The fraction of sp³-hybridized carbons (Fsp3) is 0.182. The summed E-state index contributed by atoms with van der Waals surface area (Å²) in [5, 5.41) is 2.81. The fourth-order valence-corrected chi connectivity index (χ4v) is 1.31. The van der Waals surface area contributed by atoms with Gasteiger partial charge in [-0.05, 0) is 53.8 Å². The van der Waals surface area contributed by atoms with Gasteiger partial charge in [0.05, 0.1) is 0 Å². The van der Waals surface area contributed by atoms with Gasteiger partial charge in [0.25, 0.3) is 5.91 Å². The topological polar surface area (TPSA) is 29.1 Å². The first-order valence-corrected chi connectivity index (χ1v) is 5.40. The maximum absolute atomic E-state index is 11.6. The van der Waals surface area contributed by atoms with Crippen molar-refractivity contribution in [1.29, 1.82) is 0 Å². The Morgan fingerprint density at radius 2 is 2.07 bits per heavy atom. The predicted octanol–water partition coefficient (Wildman–Crippen LogP) is 2.60. The van der Waals surface area contributed by atoms with Crippen LogP contribution in [0.25, 0.3) is 0 Å². The van der Waals surface area contributed by atoms with Crippen LogP contribution in [0.1, 0.15) is 17.3 Å². The van der Waals surface area contributed by atoms with Gasteiger partial charge in [-0.3, -0.25) is 4.79 Å². The van der Waals surface area contributed by atoms with Gasteiger partial charge in [0.15, 0.2) is 0 Å². The second-order valence-electron chi connectivity index (χ2n) is 3.00. The van der Waals surface area contributed by atoms with E-state index in [1.165, 1.54) is 0 Å². The first kappa shape index (κ1) is 11.2. The molecule has 1 atom stereocenters. The number of carbonyl (C=O) groups excluding carboxylic acids is 1. The van der Waals surface area contributed by atoms with Crippen LogP contribution < -0.4 is 5.32 Å². The van der Waals surface area contributed by atoms with Gasteiger partial charge in [-0.15, -0.1) is 6.58 Å². The number of nitrogens with one attached hydrogen (secondary N) is 1. The minimum Gasteiger partial charge on any atom is -0.346 e. The zero-order chi connectivity index (χ0) is 10.6. The molecule has 74 valence electrons. The summed E-state index contributed by atoms with van der Waals surface area (Å²) in [6.07, 6.45) is 1.70. The summed E-state index contributed by atoms with van der Waals surface area (Å²) in [6.45, 7) is 5.49. The molecule has 1 aromatic carbocycles. The van der Waals surface area contributed by atoms with E-state index in [0.717, 1.165) is 3.57 Å². The van der Waals surface area contributed by atoms with Gasteiger partial charge in [-0.1, -0.05) is 6.08 Å². The van der Waals surface area contributed by atoms with Gasteiger partial charge in [0.2, 0.25) is 0 Å². The van der Waals surface area contributed by atoms with Crippen LogP contribution in [-0.2, 0) is 0 Å². The lowest BCUT2D eigenvalue weighted by Gasteiger charge is -2.08. The van der Waals surface area contributed by atoms with E-state index in [1.54, 1.807) is 6.08 Å². The maximum Gasteiger partial charge on any atom is 0.251 e. The fourth-order valence-electron chi connectivity index (χ4n) is 0.950. The summed E-state index contributed by atoms with van der Waals surface area (Å²) in [6, 6.07) is 7.45. The molecule has 0 heterocycles. The van der Waals surface area contributed by atoms with Crippen molar-refractivity contribution in [2.24, 2.45) is 0 Å². The molecule has 1 N–H and O–H groups in total. The minimum absolute atomic E-state index is 0.00165. The Hall–Kier alpha value is -0.840. The Kier molecular flexibility index (Phi) is 4.13. The lowest BCUT2D eigenvalue weighted by molar-refractivity contribution is 0.0947. The molecule has 0 aliphatic carbocycles. The first-order valence-electron chi connectivity index (χ1n) is 4.32. The molecular formula is C11H12INO. The predicted molar refractivity (Wildman–Crippen MR) is 66.3 cm³/mol. The summed E-state index contributed by atoms with van der Waals surface area (Å²) in [5.74, 6) is -0.0613. The van der Waals surface area contributed by atoms with E-state index in [4.69, 9.17) is 0 Å². The van der Waals surface area contributed by atoms with Crippen molar-refractivity contribution in [3.05, 3.63) is 46.1 Å². The van der Waals surface area contributed by atoms with Crippen LogP contribution in [0.15, 0.2) is 36.9 Å². The number of benzene rings is 1. The zero-order valence-electron chi connectivity index (χ0n) is 7.96. The van der Waals surface area contributed by atoms with Crippen LogP contribution in [-0.4, -0.2) is 11.9 Å². The standard InChI is InChI=1S/C11H12INO/c1-3-8(2)13-11(14)9-4-6-10(12)7-5-9/h3-8H,1H2,2H3,(H,13,14). The van der Waals surface area contributed by atoms with E-state index in [-0.39, 0.29) is 11.9 Å². The van der Waals surface area contributed by atoms with Crippen LogP contribution in [0, 0.1) is 3.57 Å². The molecule has 0 aliphatic heterocycles. The van der Waals surface area contributed by atoms with Crippen LogP contribution in [0.4, 0.5) is 0 Å². The second-order valence-corrected chi connectivity index (χ2v) is 4.25. The highest BCUT2D eigenvalue weighted by Crippen LogP contribution is 2.06. The molecule has 0 saturated heterocycles. The van der Waals surface area contributed by atoms with E-state index in [2.05, 4.69) is 34.5 Å². The van der Waals surface area contributed by atoms with Crippen molar-refractivity contribution in [1.82, 2.24) is 5.32 Å². The van der Waals surface area contributed by atoms with Crippen LogP contribution >= 0.6 is 22.6 Å². The molecular weight excluding hydrogens is 289 g/mol. The third-order valence-electron chi connectivity index (χ3n) is 1.82. The molecule has 0 spiro atoms. The number of carbonyl (C=O) groups is 1. The van der Waals surface area contributed by atoms with E-state index < -0.39 is 0 Å². The van der Waals surface area contributed by atoms with E-state index >= 15 is 0 Å². The van der Waals surface area contributed by atoms with Gasteiger partial charge in [-0.2, -0.15) is 0 Å². The average Bonchev–Trinajstić information content (AvgIpc) is 2.18.